The number of carbonyl (C=O) groups excluding carboxylic acids is 1. The summed E-state index contributed by atoms with van der Waals surface area (Å²) in [4.78, 5) is 40.0. The van der Waals surface area contributed by atoms with Crippen molar-refractivity contribution >= 4 is 29.5 Å². The SMILES string of the molecule is Cc1c(/C=C(\F)c2nc3c(n2C)CCN(CCC24CCC(C(=O)O)(CC2)C4)C3)cccc1-c1cccc(NC(=O)c2nc3c(n2C)CCN(C(C)C)C3)c1C. The first-order valence-electron chi connectivity index (χ1n) is 20.0. The monoisotopic (exact) mass is 747 g/mol. The summed E-state index contributed by atoms with van der Waals surface area (Å²) >= 11 is 0. The predicted octanol–water partition coefficient (Wildman–Crippen LogP) is 7.71. The minimum absolute atomic E-state index is 0.151. The van der Waals surface area contributed by atoms with Crippen LogP contribution >= 0.6 is 0 Å². The summed E-state index contributed by atoms with van der Waals surface area (Å²) in [5, 5.41) is 13.0. The second kappa shape index (κ2) is 14.2. The molecule has 2 aromatic heterocycles. The molecule has 290 valence electrons. The standard InChI is InChI=1S/C44H54FN7O3/c1-27(2)52-21-14-38-36(25-52)47-40(50(38)6)41(53)48-34-12-8-11-32(29(34)4)31-10-7-9-30(28(31)3)23-33(45)39-46-35-24-51(20-13-37(35)49(39)5)22-19-43-15-17-44(26-43,18-16-43)42(54)55/h7-12,23,27H,13-22,24-26H2,1-6H3,(H,48,53)(H,54,55)/b33-23-. The first kappa shape index (κ1) is 37.3. The lowest BCUT2D eigenvalue weighted by atomic mass is 9.80. The van der Waals surface area contributed by atoms with Crippen LogP contribution in [-0.4, -0.2) is 71.6 Å². The molecule has 2 aromatic carbocycles. The number of aliphatic carboxylic acids is 1. The van der Waals surface area contributed by atoms with Crippen LogP contribution in [0.2, 0.25) is 0 Å². The van der Waals surface area contributed by atoms with E-state index in [-0.39, 0.29) is 17.1 Å². The van der Waals surface area contributed by atoms with Gasteiger partial charge in [0.2, 0.25) is 0 Å². The van der Waals surface area contributed by atoms with Gasteiger partial charge in [0.05, 0.1) is 16.8 Å². The number of amides is 1. The molecule has 4 heterocycles. The summed E-state index contributed by atoms with van der Waals surface area (Å²) in [6.07, 6.45) is 8.71. The van der Waals surface area contributed by atoms with Crippen LogP contribution in [0.1, 0.15) is 108 Å². The Morgan fingerprint density at radius 2 is 1.53 bits per heavy atom. The maximum absolute atomic E-state index is 16.2. The topological polar surface area (TPSA) is 109 Å². The Morgan fingerprint density at radius 3 is 2.22 bits per heavy atom. The molecule has 0 unspecified atom stereocenters. The lowest BCUT2D eigenvalue weighted by molar-refractivity contribution is -0.148. The van der Waals surface area contributed by atoms with E-state index in [2.05, 4.69) is 29.0 Å². The number of carboxylic acids is 1. The van der Waals surface area contributed by atoms with Crippen LogP contribution in [0, 0.1) is 24.7 Å². The molecule has 4 aliphatic rings. The van der Waals surface area contributed by atoms with E-state index >= 15 is 4.39 Å². The number of halogens is 1. The summed E-state index contributed by atoms with van der Waals surface area (Å²) in [6.45, 7) is 12.6. The van der Waals surface area contributed by atoms with Crippen LogP contribution in [0.5, 0.6) is 0 Å². The molecule has 2 fully saturated rings. The van der Waals surface area contributed by atoms with Crippen LogP contribution in [-0.2, 0) is 44.8 Å². The van der Waals surface area contributed by atoms with Gasteiger partial charge in [-0.25, -0.2) is 14.4 Å². The lowest BCUT2D eigenvalue weighted by Crippen LogP contribution is -2.36. The molecule has 4 aromatic rings. The number of anilines is 1. The summed E-state index contributed by atoms with van der Waals surface area (Å²) < 4.78 is 20.1. The molecular weight excluding hydrogens is 694 g/mol. The highest BCUT2D eigenvalue weighted by Gasteiger charge is 2.57. The van der Waals surface area contributed by atoms with Gasteiger partial charge in [0.15, 0.2) is 17.5 Å². The van der Waals surface area contributed by atoms with Crippen LogP contribution in [0.4, 0.5) is 10.1 Å². The zero-order chi connectivity index (χ0) is 38.8. The third-order valence-corrected chi connectivity index (χ3v) is 13.7. The van der Waals surface area contributed by atoms with Gasteiger partial charge >= 0.3 is 5.97 Å². The molecule has 2 N–H and O–H groups in total. The second-order valence-electron chi connectivity index (χ2n) is 17.1. The molecule has 2 bridgehead atoms. The van der Waals surface area contributed by atoms with E-state index in [4.69, 9.17) is 9.97 Å². The summed E-state index contributed by atoms with van der Waals surface area (Å²) in [5.74, 6) is -0.485. The Hall–Kier alpha value is -4.61. The number of aromatic nitrogens is 4. The number of imidazole rings is 2. The van der Waals surface area contributed by atoms with Gasteiger partial charge in [-0.15, -0.1) is 0 Å². The number of nitrogens with one attached hydrogen (secondary N) is 1. The summed E-state index contributed by atoms with van der Waals surface area (Å²) in [6, 6.07) is 12.2. The Bertz CT molecular complexity index is 2210. The third kappa shape index (κ3) is 6.63. The van der Waals surface area contributed by atoms with E-state index in [0.717, 1.165) is 128 Å². The van der Waals surface area contributed by atoms with Crippen molar-refractivity contribution in [2.75, 3.05) is 25.0 Å². The minimum Gasteiger partial charge on any atom is -0.481 e. The normalized spacial score (nSPS) is 22.7. The van der Waals surface area contributed by atoms with Crippen LogP contribution in [0.25, 0.3) is 23.0 Å². The molecule has 2 saturated carbocycles. The minimum atomic E-state index is -0.615. The van der Waals surface area contributed by atoms with Gasteiger partial charge in [-0.2, -0.15) is 0 Å². The fraction of sp³-hybridized carbons (Fsp3) is 0.500. The fourth-order valence-corrected chi connectivity index (χ4v) is 10.1. The third-order valence-electron chi connectivity index (χ3n) is 13.7. The number of carbonyl (C=O) groups is 2. The highest BCUT2D eigenvalue weighted by atomic mass is 19.1. The van der Waals surface area contributed by atoms with Crippen LogP contribution in [0.3, 0.4) is 0 Å². The van der Waals surface area contributed by atoms with Crippen molar-refractivity contribution in [3.63, 3.8) is 0 Å². The number of benzene rings is 2. The number of rotatable bonds is 10. The molecule has 11 heteroatoms. The number of carboxylic acid groups (broad SMARTS) is 1. The van der Waals surface area contributed by atoms with E-state index in [1.165, 1.54) is 0 Å². The first-order chi connectivity index (χ1) is 26.3. The van der Waals surface area contributed by atoms with Gasteiger partial charge in [0.25, 0.3) is 5.91 Å². The molecule has 10 nitrogen and oxygen atoms in total. The van der Waals surface area contributed by atoms with E-state index in [0.29, 0.717) is 29.9 Å². The highest BCUT2D eigenvalue weighted by molar-refractivity contribution is 6.03. The fourth-order valence-electron chi connectivity index (χ4n) is 10.1. The average molecular weight is 748 g/mol. The zero-order valence-electron chi connectivity index (χ0n) is 33.1. The van der Waals surface area contributed by atoms with Gasteiger partial charge < -0.3 is 19.6 Å². The van der Waals surface area contributed by atoms with Gasteiger partial charge in [0.1, 0.15) is 0 Å². The van der Waals surface area contributed by atoms with E-state index in [1.54, 1.807) is 6.08 Å². The van der Waals surface area contributed by atoms with Crippen molar-refractivity contribution in [3.05, 3.63) is 87.5 Å². The van der Waals surface area contributed by atoms with Crippen molar-refractivity contribution in [1.82, 2.24) is 28.9 Å². The van der Waals surface area contributed by atoms with Crippen LogP contribution < -0.4 is 5.32 Å². The molecule has 0 atom stereocenters. The predicted molar refractivity (Wildman–Crippen MR) is 213 cm³/mol. The Labute approximate surface area is 323 Å². The summed E-state index contributed by atoms with van der Waals surface area (Å²) in [5.41, 5.74) is 9.02. The zero-order valence-corrected chi connectivity index (χ0v) is 33.1. The average Bonchev–Trinajstić information content (AvgIpc) is 3.92. The molecule has 0 radical (unpaired) electrons. The van der Waals surface area contributed by atoms with Gasteiger partial charge in [-0.05, 0) is 118 Å². The molecule has 2 aliphatic carbocycles. The van der Waals surface area contributed by atoms with E-state index in [9.17, 15) is 14.7 Å². The molecular formula is C44H54FN7O3. The second-order valence-corrected chi connectivity index (χ2v) is 17.1. The van der Waals surface area contributed by atoms with Crippen molar-refractivity contribution in [1.29, 1.82) is 0 Å². The number of fused-ring (bicyclic) bond motifs is 4. The molecule has 1 amide bonds. The quantitative estimate of drug-likeness (QED) is 0.171. The first-order valence-corrected chi connectivity index (χ1v) is 20.0. The van der Waals surface area contributed by atoms with Gasteiger partial charge in [0, 0.05) is 76.2 Å². The maximum atomic E-state index is 16.2. The Balaban J connectivity index is 0.973. The molecule has 0 spiro atoms. The Morgan fingerprint density at radius 1 is 0.891 bits per heavy atom. The Kier molecular flexibility index (Phi) is 9.60. The number of nitrogens with zero attached hydrogens (tertiary/aromatic N) is 6. The van der Waals surface area contributed by atoms with Crippen molar-refractivity contribution < 1.29 is 19.1 Å². The maximum Gasteiger partial charge on any atom is 0.309 e. The number of hydrogen-bond donors (Lipinski definition) is 2. The van der Waals surface area contributed by atoms with Gasteiger partial charge in [-0.3, -0.25) is 19.4 Å². The van der Waals surface area contributed by atoms with Crippen molar-refractivity contribution in [3.8, 4) is 11.1 Å². The van der Waals surface area contributed by atoms with Crippen molar-refractivity contribution in [2.24, 2.45) is 24.9 Å². The summed E-state index contributed by atoms with van der Waals surface area (Å²) in [7, 11) is 3.82. The van der Waals surface area contributed by atoms with Gasteiger partial charge in [-0.1, -0.05) is 30.3 Å². The van der Waals surface area contributed by atoms with E-state index in [1.807, 2.05) is 73.5 Å². The lowest BCUT2D eigenvalue weighted by Gasteiger charge is -2.32. The van der Waals surface area contributed by atoms with Crippen LogP contribution in [0.15, 0.2) is 36.4 Å². The molecule has 8 rings (SSSR count). The smallest absolute Gasteiger partial charge is 0.309 e. The van der Waals surface area contributed by atoms with Crippen molar-refractivity contribution in [2.45, 2.75) is 98.2 Å². The molecule has 2 aliphatic heterocycles. The number of hydrogen-bond acceptors (Lipinski definition) is 6. The molecule has 0 saturated heterocycles. The highest BCUT2D eigenvalue weighted by Crippen LogP contribution is 2.63. The largest absolute Gasteiger partial charge is 0.481 e. The van der Waals surface area contributed by atoms with E-state index < -0.39 is 11.4 Å². The molecule has 55 heavy (non-hydrogen) atoms.